The number of aliphatic hydroxyl groups is 1. The maximum Gasteiger partial charge on any atom is 0.170 e. The highest BCUT2D eigenvalue weighted by Crippen LogP contribution is 2.21. The number of rotatable bonds is 5. The molecule has 0 amide bonds. The zero-order valence-electron chi connectivity index (χ0n) is 11.7. The van der Waals surface area contributed by atoms with Crippen molar-refractivity contribution in [2.45, 2.75) is 45.8 Å². The molecule has 0 spiro atoms. The van der Waals surface area contributed by atoms with Gasteiger partial charge in [-0.2, -0.15) is 5.10 Å². The van der Waals surface area contributed by atoms with Gasteiger partial charge in [0, 0.05) is 11.9 Å². The van der Waals surface area contributed by atoms with Crippen LogP contribution in [0.15, 0.2) is 24.3 Å². The Kier molecular flexibility index (Phi) is 3.71. The lowest BCUT2D eigenvalue weighted by atomic mass is 9.94. The van der Waals surface area contributed by atoms with Crippen LogP contribution in [0.2, 0.25) is 0 Å². The van der Waals surface area contributed by atoms with Gasteiger partial charge in [-0.15, -0.1) is 0 Å². The molecule has 1 unspecified atom stereocenters. The van der Waals surface area contributed by atoms with E-state index in [1.807, 2.05) is 35.9 Å². The second-order valence-electron chi connectivity index (χ2n) is 5.01. The van der Waals surface area contributed by atoms with Gasteiger partial charge in [0.05, 0.1) is 17.6 Å². The van der Waals surface area contributed by atoms with Gasteiger partial charge in [-0.05, 0) is 26.3 Å². The Bertz CT molecular complexity index is 599. The molecule has 1 heterocycles. The molecule has 1 N–H and O–H groups in total. The van der Waals surface area contributed by atoms with Crippen LogP contribution in [0.25, 0.3) is 10.9 Å². The van der Waals surface area contributed by atoms with Crippen LogP contribution >= 0.6 is 0 Å². The molecule has 1 aromatic carbocycles. The molecule has 0 aliphatic heterocycles. The van der Waals surface area contributed by atoms with E-state index in [-0.39, 0.29) is 12.2 Å². The van der Waals surface area contributed by atoms with Crippen molar-refractivity contribution in [2.24, 2.45) is 0 Å². The molecule has 2 rings (SSSR count). The standard InChI is InChI=1S/C15H20N2O2/c1-4-15(3,19)14(18)10-12-11-8-6-7-9-13(11)17(5-2)16-12/h6-9,19H,4-5,10H2,1-3H3. The average molecular weight is 260 g/mol. The van der Waals surface area contributed by atoms with Gasteiger partial charge in [0.1, 0.15) is 5.60 Å². The maximum absolute atomic E-state index is 12.1. The van der Waals surface area contributed by atoms with E-state index in [0.717, 1.165) is 23.1 Å². The van der Waals surface area contributed by atoms with Crippen molar-refractivity contribution in [3.63, 3.8) is 0 Å². The van der Waals surface area contributed by atoms with E-state index in [0.29, 0.717) is 6.42 Å². The summed E-state index contributed by atoms with van der Waals surface area (Å²) in [5, 5.41) is 15.5. The summed E-state index contributed by atoms with van der Waals surface area (Å²) in [6.45, 7) is 6.15. The smallest absolute Gasteiger partial charge is 0.170 e. The molecule has 1 aromatic heterocycles. The van der Waals surface area contributed by atoms with Crippen molar-refractivity contribution in [1.82, 2.24) is 9.78 Å². The number of aromatic nitrogens is 2. The molecule has 0 radical (unpaired) electrons. The largest absolute Gasteiger partial charge is 0.382 e. The monoisotopic (exact) mass is 260 g/mol. The molecule has 0 aliphatic rings. The SMILES string of the molecule is CCn1nc(CC(=O)C(C)(O)CC)c2ccccc21. The molecule has 0 fully saturated rings. The van der Waals surface area contributed by atoms with Crippen LogP contribution in [-0.2, 0) is 17.8 Å². The highest BCUT2D eigenvalue weighted by molar-refractivity contribution is 5.92. The molecule has 1 atom stereocenters. The molecule has 2 aromatic rings. The topological polar surface area (TPSA) is 55.1 Å². The summed E-state index contributed by atoms with van der Waals surface area (Å²) in [5.74, 6) is -0.179. The van der Waals surface area contributed by atoms with Gasteiger partial charge in [-0.1, -0.05) is 25.1 Å². The second kappa shape index (κ2) is 5.13. The molecular formula is C15H20N2O2. The lowest BCUT2D eigenvalue weighted by Crippen LogP contribution is -2.35. The molecule has 0 saturated carbocycles. The number of nitrogens with zero attached hydrogens (tertiary/aromatic N) is 2. The molecule has 0 bridgehead atoms. The van der Waals surface area contributed by atoms with Crippen LogP contribution in [0.3, 0.4) is 0 Å². The van der Waals surface area contributed by atoms with Gasteiger partial charge in [0.25, 0.3) is 0 Å². The number of aryl methyl sites for hydroxylation is 1. The van der Waals surface area contributed by atoms with E-state index in [9.17, 15) is 9.90 Å². The predicted molar refractivity (Wildman–Crippen MR) is 75.0 cm³/mol. The van der Waals surface area contributed by atoms with Crippen LogP contribution in [0.4, 0.5) is 0 Å². The fraction of sp³-hybridized carbons (Fsp3) is 0.467. The zero-order chi connectivity index (χ0) is 14.0. The average Bonchev–Trinajstić information content (AvgIpc) is 2.77. The number of ketones is 1. The van der Waals surface area contributed by atoms with Crippen LogP contribution in [0.1, 0.15) is 32.9 Å². The molecule has 0 aliphatic carbocycles. The van der Waals surface area contributed by atoms with Crippen LogP contribution in [0.5, 0.6) is 0 Å². The molecule has 102 valence electrons. The van der Waals surface area contributed by atoms with Crippen LogP contribution < -0.4 is 0 Å². The summed E-state index contributed by atoms with van der Waals surface area (Å²) in [7, 11) is 0. The molecule has 4 nitrogen and oxygen atoms in total. The van der Waals surface area contributed by atoms with Gasteiger partial charge in [0.15, 0.2) is 5.78 Å². The van der Waals surface area contributed by atoms with E-state index < -0.39 is 5.60 Å². The zero-order valence-corrected chi connectivity index (χ0v) is 11.7. The highest BCUT2D eigenvalue weighted by atomic mass is 16.3. The molecular weight excluding hydrogens is 240 g/mol. The van der Waals surface area contributed by atoms with Crippen molar-refractivity contribution in [3.8, 4) is 0 Å². The highest BCUT2D eigenvalue weighted by Gasteiger charge is 2.28. The van der Waals surface area contributed by atoms with E-state index in [2.05, 4.69) is 5.10 Å². The Hall–Kier alpha value is -1.68. The Labute approximate surface area is 113 Å². The van der Waals surface area contributed by atoms with E-state index in [1.54, 1.807) is 13.8 Å². The number of hydrogen-bond acceptors (Lipinski definition) is 3. The molecule has 0 saturated heterocycles. The number of carbonyl (C=O) groups excluding carboxylic acids is 1. The van der Waals surface area contributed by atoms with Crippen molar-refractivity contribution < 1.29 is 9.90 Å². The van der Waals surface area contributed by atoms with Crippen molar-refractivity contribution >= 4 is 16.7 Å². The number of benzene rings is 1. The van der Waals surface area contributed by atoms with Crippen molar-refractivity contribution in [2.75, 3.05) is 0 Å². The fourth-order valence-corrected chi connectivity index (χ4v) is 2.11. The summed E-state index contributed by atoms with van der Waals surface area (Å²) in [6.07, 6.45) is 0.590. The summed E-state index contributed by atoms with van der Waals surface area (Å²) in [6, 6.07) is 7.87. The second-order valence-corrected chi connectivity index (χ2v) is 5.01. The first-order chi connectivity index (χ1) is 8.99. The number of hydrogen-bond donors (Lipinski definition) is 1. The Morgan fingerprint density at radius 3 is 2.68 bits per heavy atom. The summed E-state index contributed by atoms with van der Waals surface area (Å²) >= 11 is 0. The van der Waals surface area contributed by atoms with Gasteiger partial charge < -0.3 is 5.11 Å². The fourth-order valence-electron chi connectivity index (χ4n) is 2.11. The number of para-hydroxylation sites is 1. The van der Waals surface area contributed by atoms with Gasteiger partial charge in [-0.3, -0.25) is 9.48 Å². The van der Waals surface area contributed by atoms with E-state index >= 15 is 0 Å². The summed E-state index contributed by atoms with van der Waals surface area (Å²) < 4.78 is 1.89. The first-order valence-corrected chi connectivity index (χ1v) is 6.69. The minimum absolute atomic E-state index is 0.175. The number of fused-ring (bicyclic) bond motifs is 1. The third-order valence-corrected chi connectivity index (χ3v) is 3.65. The van der Waals surface area contributed by atoms with Gasteiger partial charge in [0.2, 0.25) is 0 Å². The number of carbonyl (C=O) groups is 1. The maximum atomic E-state index is 12.1. The van der Waals surface area contributed by atoms with E-state index in [1.165, 1.54) is 0 Å². The lowest BCUT2D eigenvalue weighted by molar-refractivity contribution is -0.135. The predicted octanol–water partition coefficient (Wildman–Crippen LogP) is 2.33. The summed E-state index contributed by atoms with van der Waals surface area (Å²) in [4.78, 5) is 12.1. The third kappa shape index (κ3) is 2.54. The van der Waals surface area contributed by atoms with Gasteiger partial charge >= 0.3 is 0 Å². The quantitative estimate of drug-likeness (QED) is 0.897. The Balaban J connectivity index is 2.39. The lowest BCUT2D eigenvalue weighted by Gasteiger charge is -2.18. The van der Waals surface area contributed by atoms with Crippen LogP contribution in [-0.4, -0.2) is 26.3 Å². The first kappa shape index (κ1) is 13.7. The number of Topliss-reactive ketones (excluding diaryl/α,β-unsaturated/α-hetero) is 1. The Morgan fingerprint density at radius 1 is 1.37 bits per heavy atom. The van der Waals surface area contributed by atoms with Gasteiger partial charge in [-0.25, -0.2) is 0 Å². The summed E-state index contributed by atoms with van der Waals surface area (Å²) in [5.41, 5.74) is 0.511. The van der Waals surface area contributed by atoms with Crippen molar-refractivity contribution in [3.05, 3.63) is 30.0 Å². The van der Waals surface area contributed by atoms with E-state index in [4.69, 9.17) is 0 Å². The normalized spacial score (nSPS) is 14.5. The van der Waals surface area contributed by atoms with Crippen molar-refractivity contribution in [1.29, 1.82) is 0 Å². The van der Waals surface area contributed by atoms with Crippen LogP contribution in [0, 0.1) is 0 Å². The minimum Gasteiger partial charge on any atom is -0.382 e. The first-order valence-electron chi connectivity index (χ1n) is 6.69. The molecule has 19 heavy (non-hydrogen) atoms. The Morgan fingerprint density at radius 2 is 2.05 bits per heavy atom. The third-order valence-electron chi connectivity index (χ3n) is 3.65. The molecule has 4 heteroatoms. The minimum atomic E-state index is -1.27.